The lowest BCUT2D eigenvalue weighted by Gasteiger charge is -2.12. The van der Waals surface area contributed by atoms with Gasteiger partial charge in [-0.3, -0.25) is 9.59 Å². The minimum Gasteiger partial charge on any atom is -0.489 e. The van der Waals surface area contributed by atoms with Gasteiger partial charge in [-0.15, -0.1) is 0 Å². The first-order valence-corrected chi connectivity index (χ1v) is 9.51. The summed E-state index contributed by atoms with van der Waals surface area (Å²) in [4.78, 5) is 24.3. The van der Waals surface area contributed by atoms with Crippen LogP contribution in [-0.4, -0.2) is 31.6 Å². The molecule has 2 aromatic rings. The summed E-state index contributed by atoms with van der Waals surface area (Å²) in [6.07, 6.45) is 0.789. The molecular formula is C21H23ClN2O4. The van der Waals surface area contributed by atoms with Crippen molar-refractivity contribution in [3.63, 3.8) is 0 Å². The summed E-state index contributed by atoms with van der Waals surface area (Å²) < 4.78 is 11.2. The van der Waals surface area contributed by atoms with Gasteiger partial charge in [0.25, 0.3) is 5.91 Å². The Balaban J connectivity index is 1.54. The van der Waals surface area contributed by atoms with Crippen LogP contribution in [0.1, 0.15) is 33.5 Å². The molecule has 0 spiro atoms. The molecule has 0 aliphatic carbocycles. The van der Waals surface area contributed by atoms with Crippen LogP contribution in [0.25, 0.3) is 0 Å². The van der Waals surface area contributed by atoms with Crippen LogP contribution in [0, 0.1) is 13.8 Å². The van der Waals surface area contributed by atoms with Crippen molar-refractivity contribution < 1.29 is 19.1 Å². The first-order valence-electron chi connectivity index (χ1n) is 9.13. The monoisotopic (exact) mass is 402 g/mol. The minimum absolute atomic E-state index is 0.107. The first-order chi connectivity index (χ1) is 13.4. The average Bonchev–Trinajstić information content (AvgIpc) is 2.89. The molecule has 6 nitrogen and oxygen atoms in total. The summed E-state index contributed by atoms with van der Waals surface area (Å²) in [6, 6.07) is 9.12. The van der Waals surface area contributed by atoms with Crippen molar-refractivity contribution in [1.29, 1.82) is 0 Å². The van der Waals surface area contributed by atoms with E-state index in [9.17, 15) is 9.59 Å². The maximum Gasteiger partial charge on any atom is 0.251 e. The van der Waals surface area contributed by atoms with Crippen molar-refractivity contribution in [2.45, 2.75) is 26.8 Å². The molecular weight excluding hydrogens is 380 g/mol. The summed E-state index contributed by atoms with van der Waals surface area (Å²) in [6.45, 7) is 5.14. The Morgan fingerprint density at radius 3 is 2.46 bits per heavy atom. The van der Waals surface area contributed by atoms with Crippen LogP contribution >= 0.6 is 11.6 Å². The van der Waals surface area contributed by atoms with Crippen LogP contribution in [0.15, 0.2) is 30.3 Å². The second-order valence-electron chi connectivity index (χ2n) is 6.79. The van der Waals surface area contributed by atoms with E-state index in [1.54, 1.807) is 24.3 Å². The molecule has 0 atom stereocenters. The fraction of sp³-hybridized carbons (Fsp3) is 0.333. The number of nitrogens with one attached hydrogen (secondary N) is 2. The Hall–Kier alpha value is -2.73. The second kappa shape index (κ2) is 8.97. The van der Waals surface area contributed by atoms with Crippen LogP contribution in [0.3, 0.4) is 0 Å². The van der Waals surface area contributed by atoms with E-state index in [2.05, 4.69) is 10.6 Å². The van der Waals surface area contributed by atoms with E-state index in [0.29, 0.717) is 35.3 Å². The molecule has 0 saturated heterocycles. The van der Waals surface area contributed by atoms with Crippen LogP contribution in [-0.2, 0) is 11.3 Å². The highest BCUT2D eigenvalue weighted by molar-refractivity contribution is 6.32. The fourth-order valence-corrected chi connectivity index (χ4v) is 3.31. The van der Waals surface area contributed by atoms with Crippen molar-refractivity contribution >= 4 is 23.4 Å². The van der Waals surface area contributed by atoms with Crippen LogP contribution in [0.5, 0.6) is 11.5 Å². The number of hydrogen-bond donors (Lipinski definition) is 2. The second-order valence-corrected chi connectivity index (χ2v) is 7.20. The lowest BCUT2D eigenvalue weighted by Crippen LogP contribution is -2.36. The zero-order valence-corrected chi connectivity index (χ0v) is 16.7. The highest BCUT2D eigenvalue weighted by atomic mass is 35.5. The van der Waals surface area contributed by atoms with Gasteiger partial charge in [0.15, 0.2) is 11.5 Å². The summed E-state index contributed by atoms with van der Waals surface area (Å²) in [5.74, 6) is 0.550. The number of halogens is 1. The fourth-order valence-electron chi connectivity index (χ4n) is 3.02. The average molecular weight is 403 g/mol. The molecule has 2 aromatic carbocycles. The molecule has 0 saturated carbocycles. The van der Waals surface area contributed by atoms with Gasteiger partial charge in [0, 0.05) is 18.5 Å². The summed E-state index contributed by atoms with van der Waals surface area (Å²) in [5.41, 5.74) is 3.34. The normalized spacial score (nSPS) is 12.8. The molecule has 0 radical (unpaired) electrons. The number of amides is 2. The number of fused-ring (bicyclic) bond motifs is 1. The minimum atomic E-state index is -0.291. The van der Waals surface area contributed by atoms with Crippen LogP contribution in [0.4, 0.5) is 0 Å². The zero-order valence-electron chi connectivity index (χ0n) is 15.9. The molecule has 1 aliphatic heterocycles. The van der Waals surface area contributed by atoms with Gasteiger partial charge in [-0.05, 0) is 43.7 Å². The molecule has 0 aromatic heterocycles. The van der Waals surface area contributed by atoms with Crippen molar-refractivity contribution in [2.24, 2.45) is 0 Å². The quantitative estimate of drug-likeness (QED) is 0.805. The van der Waals surface area contributed by atoms with E-state index >= 15 is 0 Å². The predicted molar refractivity (Wildman–Crippen MR) is 107 cm³/mol. The van der Waals surface area contributed by atoms with Crippen LogP contribution < -0.4 is 20.1 Å². The lowest BCUT2D eigenvalue weighted by molar-refractivity contribution is -0.120. The molecule has 2 amide bonds. The third-order valence-corrected chi connectivity index (χ3v) is 4.53. The van der Waals surface area contributed by atoms with E-state index in [1.807, 2.05) is 19.9 Å². The van der Waals surface area contributed by atoms with Crippen LogP contribution in [0.2, 0.25) is 5.02 Å². The zero-order chi connectivity index (χ0) is 20.1. The molecule has 148 valence electrons. The molecule has 2 N–H and O–H groups in total. The molecule has 0 bridgehead atoms. The van der Waals surface area contributed by atoms with Crippen molar-refractivity contribution in [3.05, 3.63) is 57.6 Å². The number of benzene rings is 2. The number of hydrogen-bond acceptors (Lipinski definition) is 4. The highest BCUT2D eigenvalue weighted by Gasteiger charge is 2.16. The Morgan fingerprint density at radius 1 is 1.00 bits per heavy atom. The van der Waals surface area contributed by atoms with E-state index in [0.717, 1.165) is 23.1 Å². The number of carbonyl (C=O) groups excluding carboxylic acids is 2. The number of rotatable bonds is 5. The molecule has 28 heavy (non-hydrogen) atoms. The molecule has 1 heterocycles. The van der Waals surface area contributed by atoms with Gasteiger partial charge in [-0.25, -0.2) is 0 Å². The molecule has 3 rings (SSSR count). The third kappa shape index (κ3) is 5.16. The molecule has 7 heteroatoms. The van der Waals surface area contributed by atoms with Gasteiger partial charge in [0.1, 0.15) is 0 Å². The number of aryl methyl sites for hydroxylation is 2. The highest BCUT2D eigenvalue weighted by Crippen LogP contribution is 2.37. The standard InChI is InChI=1S/C21H23ClN2O4/c1-13-6-14(2)8-16(7-13)21(26)24-12-19(25)23-11-15-9-17(22)20-18(10-15)27-4-3-5-28-20/h6-10H,3-5,11-12H2,1-2H3,(H,23,25)(H,24,26). The maximum atomic E-state index is 12.2. The maximum absolute atomic E-state index is 12.2. The number of carbonyl (C=O) groups is 2. The number of ether oxygens (including phenoxy) is 2. The predicted octanol–water partition coefficient (Wildman–Crippen LogP) is 3.16. The third-order valence-electron chi connectivity index (χ3n) is 4.25. The summed E-state index contributed by atoms with van der Waals surface area (Å²) >= 11 is 6.26. The Morgan fingerprint density at radius 2 is 1.71 bits per heavy atom. The summed E-state index contributed by atoms with van der Waals surface area (Å²) in [7, 11) is 0. The van der Waals surface area contributed by atoms with Crippen molar-refractivity contribution in [2.75, 3.05) is 19.8 Å². The largest absolute Gasteiger partial charge is 0.489 e. The van der Waals surface area contributed by atoms with E-state index in [-0.39, 0.29) is 24.9 Å². The van der Waals surface area contributed by atoms with Gasteiger partial charge in [0.05, 0.1) is 24.8 Å². The van der Waals surface area contributed by atoms with E-state index < -0.39 is 0 Å². The van der Waals surface area contributed by atoms with Crippen molar-refractivity contribution in [1.82, 2.24) is 10.6 Å². The smallest absolute Gasteiger partial charge is 0.251 e. The molecule has 0 fully saturated rings. The Labute approximate surface area is 169 Å². The summed E-state index contributed by atoms with van der Waals surface area (Å²) in [5, 5.41) is 5.86. The van der Waals surface area contributed by atoms with Gasteiger partial charge < -0.3 is 20.1 Å². The SMILES string of the molecule is Cc1cc(C)cc(C(=O)NCC(=O)NCc2cc(Cl)c3c(c2)OCCCO3)c1. The van der Waals surface area contributed by atoms with E-state index in [1.165, 1.54) is 0 Å². The lowest BCUT2D eigenvalue weighted by atomic mass is 10.1. The Bertz CT molecular complexity index is 878. The first kappa shape index (κ1) is 20.0. The van der Waals surface area contributed by atoms with Gasteiger partial charge >= 0.3 is 0 Å². The van der Waals surface area contributed by atoms with Gasteiger partial charge in [-0.1, -0.05) is 28.8 Å². The van der Waals surface area contributed by atoms with Gasteiger partial charge in [-0.2, -0.15) is 0 Å². The van der Waals surface area contributed by atoms with Crippen molar-refractivity contribution in [3.8, 4) is 11.5 Å². The van der Waals surface area contributed by atoms with Gasteiger partial charge in [0.2, 0.25) is 5.91 Å². The van der Waals surface area contributed by atoms with E-state index in [4.69, 9.17) is 21.1 Å². The Kier molecular flexibility index (Phi) is 6.41. The molecule has 0 unspecified atom stereocenters. The topological polar surface area (TPSA) is 76.7 Å². The molecule has 1 aliphatic rings.